The van der Waals surface area contributed by atoms with E-state index in [1.165, 1.54) is 96.9 Å². The van der Waals surface area contributed by atoms with Crippen molar-refractivity contribution >= 4 is 27.3 Å². The van der Waals surface area contributed by atoms with Crippen LogP contribution in [0.2, 0.25) is 0 Å². The maximum Gasteiger partial charge on any atom is 0.162 e. The van der Waals surface area contributed by atoms with Gasteiger partial charge in [0.05, 0.1) is 8.50 Å². The Bertz CT molecular complexity index is 2540. The van der Waals surface area contributed by atoms with Crippen molar-refractivity contribution in [1.82, 2.24) is 9.97 Å². The van der Waals surface area contributed by atoms with Crippen LogP contribution in [0.15, 0.2) is 97.0 Å². The summed E-state index contributed by atoms with van der Waals surface area (Å²) in [7, 11) is 0. The number of nitrogens with zero attached hydrogens (tertiary/aromatic N) is 2. The number of fused-ring (bicyclic) bond motifs is 2. The third-order valence-corrected chi connectivity index (χ3v) is 13.4. The summed E-state index contributed by atoms with van der Waals surface area (Å²) in [5.74, 6) is 2.20. The number of ketones is 1. The van der Waals surface area contributed by atoms with Gasteiger partial charge in [0.15, 0.2) is 5.78 Å². The zero-order valence-electron chi connectivity index (χ0n) is 41.8. The van der Waals surface area contributed by atoms with Crippen LogP contribution in [0.4, 0.5) is 0 Å². The van der Waals surface area contributed by atoms with E-state index in [2.05, 4.69) is 110 Å². The average molecular weight is 1040 g/mol. The van der Waals surface area contributed by atoms with Crippen LogP contribution in [0.1, 0.15) is 141 Å². The molecule has 5 heteroatoms. The molecule has 4 nitrogen and oxygen atoms in total. The van der Waals surface area contributed by atoms with Gasteiger partial charge in [-0.05, 0) is 107 Å². The molecule has 341 valence electrons. The molecular weight excluding hydrogens is 961 g/mol. The Morgan fingerprint density at radius 2 is 1.14 bits per heavy atom. The van der Waals surface area contributed by atoms with Crippen LogP contribution in [-0.2, 0) is 37.7 Å². The van der Waals surface area contributed by atoms with Crippen molar-refractivity contribution in [1.29, 1.82) is 0 Å². The van der Waals surface area contributed by atoms with Gasteiger partial charge in [-0.25, -0.2) is 0 Å². The molecule has 6 aromatic rings. The van der Waals surface area contributed by atoms with E-state index in [0.717, 1.165) is 88.4 Å². The van der Waals surface area contributed by atoms with Gasteiger partial charge in [0.1, 0.15) is 0 Å². The Balaban J connectivity index is 0.000000192. The molecule has 2 heterocycles. The molecular formula is C59H72IrN2O2-2. The van der Waals surface area contributed by atoms with Gasteiger partial charge in [0, 0.05) is 50.4 Å². The third kappa shape index (κ3) is 13.8. The van der Waals surface area contributed by atoms with E-state index < -0.39 is 0 Å². The summed E-state index contributed by atoms with van der Waals surface area (Å²) in [6, 6.07) is 31.0. The molecule has 0 bridgehead atoms. The van der Waals surface area contributed by atoms with Gasteiger partial charge in [-0.15, -0.1) is 69.8 Å². The number of rotatable bonds is 13. The first-order valence-corrected chi connectivity index (χ1v) is 24.0. The van der Waals surface area contributed by atoms with Crippen LogP contribution >= 0.6 is 0 Å². The second kappa shape index (κ2) is 24.7. The summed E-state index contributed by atoms with van der Waals surface area (Å²) in [5.41, 5.74) is 11.2. The SMILES string of the molecule is CCC(CC)C(=O)/C=C(\O)C(CC)CC.Cc1[c-]c(-c2nccc3cc(CC4CCCC4)ccc23)cc(C)c1.[2H]c1nc(-c2[c-]c(C)cc(C)c2)c2ccc(CC3CCCC3)cc2c1[2H].[Ir]. The number of hydrogen-bond acceptors (Lipinski definition) is 4. The predicted octanol–water partition coefficient (Wildman–Crippen LogP) is 16.0. The number of aryl methyl sites for hydroxylation is 4. The summed E-state index contributed by atoms with van der Waals surface area (Å²) >= 11 is 0. The van der Waals surface area contributed by atoms with E-state index in [9.17, 15) is 9.90 Å². The largest absolute Gasteiger partial charge is 0.512 e. The second-order valence-electron chi connectivity index (χ2n) is 18.5. The summed E-state index contributed by atoms with van der Waals surface area (Å²) in [5, 5.41) is 14.1. The van der Waals surface area contributed by atoms with Crippen molar-refractivity contribution < 1.29 is 32.7 Å². The third-order valence-electron chi connectivity index (χ3n) is 13.4. The standard InChI is InChI=1S/2C23H24N.C13H24O2.Ir/c2*1-16-11-17(2)13-21(12-16)23-22-8-7-19(14-18-5-3-4-6-18)15-20(22)9-10-24-23;1-5-10(6-2)12(14)9-13(15)11(7-3)8-4;/h2*7-12,15,18H,3-6,14H2,1-2H3;9-11,14H,5-8H2,1-4H3;/q2*-1;;/b;;12-9-;/i9D,10D;;;. The van der Waals surface area contributed by atoms with Gasteiger partial charge in [-0.1, -0.05) is 143 Å². The number of aliphatic hydroxyl groups is 1. The summed E-state index contributed by atoms with van der Waals surface area (Å²) in [6.07, 6.45) is 20.1. The fourth-order valence-corrected chi connectivity index (χ4v) is 9.93. The van der Waals surface area contributed by atoms with E-state index in [-0.39, 0.29) is 55.7 Å². The summed E-state index contributed by atoms with van der Waals surface area (Å²) in [6.45, 7) is 16.4. The molecule has 8 rings (SSSR count). The molecule has 0 saturated heterocycles. The van der Waals surface area contributed by atoms with Crippen molar-refractivity contribution in [2.45, 2.75) is 145 Å². The fourth-order valence-electron chi connectivity index (χ4n) is 9.93. The molecule has 0 atom stereocenters. The first-order valence-electron chi connectivity index (χ1n) is 25.0. The van der Waals surface area contributed by atoms with E-state index in [1.54, 1.807) is 0 Å². The smallest absolute Gasteiger partial charge is 0.162 e. The average Bonchev–Trinajstić information content (AvgIpc) is 4.00. The Kier molecular flexibility index (Phi) is 18.4. The van der Waals surface area contributed by atoms with Crippen LogP contribution in [0.25, 0.3) is 44.1 Å². The number of carbonyl (C=O) groups is 1. The van der Waals surface area contributed by atoms with Crippen molar-refractivity contribution in [3.05, 3.63) is 142 Å². The van der Waals surface area contributed by atoms with Gasteiger partial charge in [0.2, 0.25) is 0 Å². The fraction of sp³-hybridized carbons (Fsp3) is 0.441. The number of hydrogen-bond donors (Lipinski definition) is 1. The number of benzene rings is 4. The molecule has 2 aliphatic carbocycles. The summed E-state index contributed by atoms with van der Waals surface area (Å²) < 4.78 is 16.5. The first kappa shape index (κ1) is 47.5. The number of aromatic nitrogens is 2. The zero-order chi connectivity index (χ0) is 46.6. The van der Waals surface area contributed by atoms with E-state index in [0.29, 0.717) is 0 Å². The first-order chi connectivity index (χ1) is 31.3. The Morgan fingerprint density at radius 1 is 0.672 bits per heavy atom. The van der Waals surface area contributed by atoms with Crippen molar-refractivity contribution in [2.75, 3.05) is 0 Å². The monoisotopic (exact) mass is 1040 g/mol. The Hall–Kier alpha value is -4.44. The van der Waals surface area contributed by atoms with Crippen LogP contribution in [0.3, 0.4) is 0 Å². The quantitative estimate of drug-likeness (QED) is 0.0711. The Labute approximate surface area is 402 Å². The van der Waals surface area contributed by atoms with E-state index >= 15 is 0 Å². The molecule has 2 aliphatic rings. The number of aliphatic hydroxyl groups excluding tert-OH is 1. The van der Waals surface area contributed by atoms with Gasteiger partial charge in [0.25, 0.3) is 0 Å². The van der Waals surface area contributed by atoms with Gasteiger partial charge in [-0.3, -0.25) is 4.79 Å². The molecule has 2 saturated carbocycles. The molecule has 0 aliphatic heterocycles. The maximum atomic E-state index is 11.7. The minimum Gasteiger partial charge on any atom is -0.512 e. The number of pyridine rings is 2. The van der Waals surface area contributed by atoms with Crippen LogP contribution < -0.4 is 0 Å². The normalized spacial score (nSPS) is 14.8. The van der Waals surface area contributed by atoms with Crippen molar-refractivity contribution in [2.24, 2.45) is 23.7 Å². The summed E-state index contributed by atoms with van der Waals surface area (Å²) in [4.78, 5) is 20.8. The van der Waals surface area contributed by atoms with Crippen LogP contribution in [0, 0.1) is 63.5 Å². The molecule has 0 unspecified atom stereocenters. The van der Waals surface area contributed by atoms with Crippen molar-refractivity contribution in [3.8, 4) is 22.5 Å². The van der Waals surface area contributed by atoms with Gasteiger partial charge >= 0.3 is 0 Å². The number of carbonyl (C=O) groups excluding carboxylic acids is 1. The molecule has 4 aromatic carbocycles. The van der Waals surface area contributed by atoms with Gasteiger partial charge < -0.3 is 15.1 Å². The van der Waals surface area contributed by atoms with E-state index in [1.807, 2.05) is 40.8 Å². The molecule has 0 spiro atoms. The molecule has 1 N–H and O–H groups in total. The Morgan fingerprint density at radius 3 is 1.62 bits per heavy atom. The zero-order valence-corrected chi connectivity index (χ0v) is 42.2. The second-order valence-corrected chi connectivity index (χ2v) is 18.5. The van der Waals surface area contributed by atoms with Gasteiger partial charge in [-0.2, -0.15) is 0 Å². The van der Waals surface area contributed by atoms with Crippen LogP contribution in [-0.4, -0.2) is 20.9 Å². The molecule has 2 aromatic heterocycles. The minimum absolute atomic E-state index is 0. The molecule has 2 fully saturated rings. The number of allylic oxidation sites excluding steroid dienone is 2. The predicted molar refractivity (Wildman–Crippen MR) is 266 cm³/mol. The van der Waals surface area contributed by atoms with E-state index in [4.69, 9.17) is 2.74 Å². The topological polar surface area (TPSA) is 63.1 Å². The molecule has 1 radical (unpaired) electrons. The maximum absolute atomic E-state index is 11.7. The molecule has 64 heavy (non-hydrogen) atoms. The van der Waals surface area contributed by atoms with Crippen molar-refractivity contribution in [3.63, 3.8) is 0 Å². The van der Waals surface area contributed by atoms with Crippen LogP contribution in [0.5, 0.6) is 0 Å². The minimum atomic E-state index is 0. The molecule has 0 amide bonds.